The van der Waals surface area contributed by atoms with Crippen molar-refractivity contribution in [1.82, 2.24) is 0 Å². The van der Waals surface area contributed by atoms with Crippen molar-refractivity contribution in [3.63, 3.8) is 0 Å². The first-order chi connectivity index (χ1) is 15.1. The molecule has 0 saturated carbocycles. The zero-order valence-electron chi connectivity index (χ0n) is 17.0. The number of hydrogen-bond donors (Lipinski definition) is 1. The Balaban J connectivity index is 1.44. The Morgan fingerprint density at radius 3 is 2.48 bits per heavy atom. The van der Waals surface area contributed by atoms with E-state index in [0.717, 1.165) is 11.3 Å². The summed E-state index contributed by atoms with van der Waals surface area (Å²) in [6.07, 6.45) is 1.09. The molecule has 2 aliphatic rings. The molecule has 0 bridgehead atoms. The van der Waals surface area contributed by atoms with Crippen LogP contribution in [-0.4, -0.2) is 29.9 Å². The van der Waals surface area contributed by atoms with Crippen LogP contribution in [0.15, 0.2) is 78.9 Å². The van der Waals surface area contributed by atoms with Crippen LogP contribution in [0, 0.1) is 5.92 Å². The lowest BCUT2D eigenvalue weighted by Crippen LogP contribution is -2.50. The molecule has 1 aliphatic heterocycles. The number of aliphatic hydroxyl groups is 1. The van der Waals surface area contributed by atoms with E-state index in [1.807, 2.05) is 60.7 Å². The minimum Gasteiger partial charge on any atom is -0.492 e. The molecule has 5 heteroatoms. The molecule has 0 aromatic heterocycles. The monoisotopic (exact) mass is 413 g/mol. The SMILES string of the molecule is O=C1c2ccccc2CC[C@H]1[C@]1(O)C(=O)N(CCOc2ccccc2)c2ccccc21. The molecule has 1 amide bonds. The fourth-order valence-corrected chi connectivity index (χ4v) is 4.79. The molecule has 0 fully saturated rings. The number of carbonyl (C=O) groups is 2. The zero-order valence-corrected chi connectivity index (χ0v) is 17.0. The van der Waals surface area contributed by atoms with Crippen LogP contribution in [0.4, 0.5) is 5.69 Å². The van der Waals surface area contributed by atoms with Crippen molar-refractivity contribution in [2.45, 2.75) is 18.4 Å². The third kappa shape index (κ3) is 3.13. The van der Waals surface area contributed by atoms with Gasteiger partial charge in [0, 0.05) is 11.1 Å². The van der Waals surface area contributed by atoms with Crippen LogP contribution >= 0.6 is 0 Å². The standard InChI is InChI=1S/C26H23NO4/c28-24-20-11-5-4-8-18(20)14-15-22(24)26(30)21-12-6-7-13-23(21)27(25(26)29)16-17-31-19-9-2-1-3-10-19/h1-13,22,30H,14-17H2/t22-,26+/m1/s1. The molecule has 156 valence electrons. The smallest absolute Gasteiger partial charge is 0.264 e. The van der Waals surface area contributed by atoms with Crippen LogP contribution in [0.1, 0.15) is 27.9 Å². The molecule has 1 aliphatic carbocycles. The van der Waals surface area contributed by atoms with Gasteiger partial charge in [0.25, 0.3) is 5.91 Å². The zero-order chi connectivity index (χ0) is 21.4. The molecule has 0 radical (unpaired) electrons. The molecule has 31 heavy (non-hydrogen) atoms. The summed E-state index contributed by atoms with van der Waals surface area (Å²) < 4.78 is 5.77. The number of carbonyl (C=O) groups excluding carboxylic acids is 2. The van der Waals surface area contributed by atoms with E-state index in [1.165, 1.54) is 0 Å². The van der Waals surface area contributed by atoms with Crippen LogP contribution in [0.3, 0.4) is 0 Å². The maximum Gasteiger partial charge on any atom is 0.264 e. The van der Waals surface area contributed by atoms with Crippen molar-refractivity contribution >= 4 is 17.4 Å². The van der Waals surface area contributed by atoms with Crippen molar-refractivity contribution in [3.05, 3.63) is 95.6 Å². The van der Waals surface area contributed by atoms with Gasteiger partial charge in [0.2, 0.25) is 0 Å². The highest BCUT2D eigenvalue weighted by atomic mass is 16.5. The second kappa shape index (κ2) is 7.67. The number of benzene rings is 3. The number of aryl methyl sites for hydroxylation is 1. The Hall–Kier alpha value is -3.44. The summed E-state index contributed by atoms with van der Waals surface area (Å²) >= 11 is 0. The topological polar surface area (TPSA) is 66.8 Å². The van der Waals surface area contributed by atoms with E-state index in [4.69, 9.17) is 4.74 Å². The fourth-order valence-electron chi connectivity index (χ4n) is 4.79. The maximum atomic E-state index is 13.6. The highest BCUT2D eigenvalue weighted by molar-refractivity contribution is 6.12. The average molecular weight is 413 g/mol. The van der Waals surface area contributed by atoms with E-state index in [0.29, 0.717) is 29.7 Å². The first-order valence-corrected chi connectivity index (χ1v) is 10.5. The molecule has 5 rings (SSSR count). The number of Topliss-reactive ketones (excluding diaryl/α,β-unsaturated/α-hetero) is 1. The molecule has 3 aromatic rings. The number of rotatable bonds is 5. The average Bonchev–Trinajstić information content (AvgIpc) is 3.03. The minimum atomic E-state index is -1.87. The van der Waals surface area contributed by atoms with Crippen LogP contribution in [0.5, 0.6) is 5.75 Å². The van der Waals surface area contributed by atoms with E-state index in [-0.39, 0.29) is 18.9 Å². The molecule has 0 unspecified atom stereocenters. The Bertz CT molecular complexity index is 1140. The molecule has 2 atom stereocenters. The summed E-state index contributed by atoms with van der Waals surface area (Å²) in [6, 6.07) is 24.0. The van der Waals surface area contributed by atoms with Gasteiger partial charge in [-0.1, -0.05) is 60.7 Å². The van der Waals surface area contributed by atoms with Gasteiger partial charge in [-0.05, 0) is 36.6 Å². The first-order valence-electron chi connectivity index (χ1n) is 10.5. The van der Waals surface area contributed by atoms with Gasteiger partial charge in [0.15, 0.2) is 11.4 Å². The highest BCUT2D eigenvalue weighted by Crippen LogP contribution is 2.48. The number of fused-ring (bicyclic) bond motifs is 2. The van der Waals surface area contributed by atoms with E-state index in [1.54, 1.807) is 23.1 Å². The van der Waals surface area contributed by atoms with Crippen LogP contribution < -0.4 is 9.64 Å². The predicted molar refractivity (Wildman–Crippen MR) is 117 cm³/mol. The summed E-state index contributed by atoms with van der Waals surface area (Å²) in [5.41, 5.74) is 0.840. The lowest BCUT2D eigenvalue weighted by Gasteiger charge is -2.34. The molecule has 3 aromatic carbocycles. The largest absolute Gasteiger partial charge is 0.492 e. The van der Waals surface area contributed by atoms with Gasteiger partial charge in [-0.15, -0.1) is 0 Å². The van der Waals surface area contributed by atoms with Crippen molar-refractivity contribution in [1.29, 1.82) is 0 Å². The number of ketones is 1. The Kier molecular flexibility index (Phi) is 4.83. The quantitative estimate of drug-likeness (QED) is 0.692. The maximum absolute atomic E-state index is 13.6. The molecule has 5 nitrogen and oxygen atoms in total. The van der Waals surface area contributed by atoms with Crippen molar-refractivity contribution in [2.24, 2.45) is 5.92 Å². The number of para-hydroxylation sites is 2. The summed E-state index contributed by atoms with van der Waals surface area (Å²) in [7, 11) is 0. The molecule has 1 N–H and O–H groups in total. The van der Waals surface area contributed by atoms with Gasteiger partial charge in [-0.3, -0.25) is 9.59 Å². The van der Waals surface area contributed by atoms with Crippen molar-refractivity contribution in [3.8, 4) is 5.75 Å². The first kappa shape index (κ1) is 19.5. The summed E-state index contributed by atoms with van der Waals surface area (Å²) in [6.45, 7) is 0.562. The van der Waals surface area contributed by atoms with Gasteiger partial charge < -0.3 is 14.7 Å². The van der Waals surface area contributed by atoms with Crippen LogP contribution in [-0.2, 0) is 16.8 Å². The normalized spacial score (nSPS) is 22.2. The number of nitrogens with zero attached hydrogens (tertiary/aromatic N) is 1. The summed E-state index contributed by atoms with van der Waals surface area (Å²) in [5.74, 6) is -0.717. The summed E-state index contributed by atoms with van der Waals surface area (Å²) in [5, 5.41) is 11.8. The number of amides is 1. The number of hydrogen-bond acceptors (Lipinski definition) is 4. The number of ether oxygens (including phenoxy) is 1. The predicted octanol–water partition coefficient (Wildman–Crippen LogP) is 3.75. The fraction of sp³-hybridized carbons (Fsp3) is 0.231. The van der Waals surface area contributed by atoms with Crippen LogP contribution in [0.25, 0.3) is 0 Å². The lowest BCUT2D eigenvalue weighted by molar-refractivity contribution is -0.140. The van der Waals surface area contributed by atoms with Gasteiger partial charge in [-0.25, -0.2) is 0 Å². The Morgan fingerprint density at radius 1 is 0.935 bits per heavy atom. The van der Waals surface area contributed by atoms with Crippen molar-refractivity contribution in [2.75, 3.05) is 18.1 Å². The van der Waals surface area contributed by atoms with Gasteiger partial charge in [0.05, 0.1) is 18.2 Å². The molecular formula is C26H23NO4. The minimum absolute atomic E-state index is 0.171. The molecule has 0 spiro atoms. The van der Waals surface area contributed by atoms with E-state index in [9.17, 15) is 14.7 Å². The summed E-state index contributed by atoms with van der Waals surface area (Å²) in [4.78, 5) is 28.4. The van der Waals surface area contributed by atoms with E-state index < -0.39 is 17.4 Å². The van der Waals surface area contributed by atoms with Gasteiger partial charge in [-0.2, -0.15) is 0 Å². The third-order valence-corrected chi connectivity index (χ3v) is 6.31. The highest BCUT2D eigenvalue weighted by Gasteiger charge is 2.57. The van der Waals surface area contributed by atoms with E-state index >= 15 is 0 Å². The number of anilines is 1. The van der Waals surface area contributed by atoms with Gasteiger partial charge in [0.1, 0.15) is 12.4 Å². The van der Waals surface area contributed by atoms with Gasteiger partial charge >= 0.3 is 0 Å². The van der Waals surface area contributed by atoms with Crippen LogP contribution in [0.2, 0.25) is 0 Å². The Morgan fingerprint density at radius 2 is 1.65 bits per heavy atom. The molecular weight excluding hydrogens is 390 g/mol. The van der Waals surface area contributed by atoms with E-state index in [2.05, 4.69) is 0 Å². The molecule has 1 heterocycles. The second-order valence-corrected chi connectivity index (χ2v) is 8.01. The Labute approximate surface area is 180 Å². The molecule has 0 saturated heterocycles. The third-order valence-electron chi connectivity index (χ3n) is 6.31. The lowest BCUT2D eigenvalue weighted by atomic mass is 9.71. The van der Waals surface area contributed by atoms with Crippen molar-refractivity contribution < 1.29 is 19.4 Å². The second-order valence-electron chi connectivity index (χ2n) is 8.01.